The van der Waals surface area contributed by atoms with Crippen molar-refractivity contribution in [3.8, 4) is 0 Å². The Morgan fingerprint density at radius 1 is 1.21 bits per heavy atom. The van der Waals surface area contributed by atoms with Crippen LogP contribution in [-0.2, 0) is 27.7 Å². The Morgan fingerprint density at radius 2 is 1.90 bits per heavy atom. The van der Waals surface area contributed by atoms with E-state index in [2.05, 4.69) is 5.32 Å². The SMILES string of the molecule is CSc1ccc(C(CC(=O)O)NC(=O)c2cc3c(c(S(N)(=O)=O)c2)CCC3)cc1. The Kier molecular flexibility index (Phi) is 6.30. The molecule has 0 saturated heterocycles. The van der Waals surface area contributed by atoms with Gasteiger partial charge in [0, 0.05) is 10.5 Å². The molecule has 9 heteroatoms. The van der Waals surface area contributed by atoms with Gasteiger partial charge < -0.3 is 10.4 Å². The molecule has 0 saturated carbocycles. The molecule has 154 valence electrons. The molecule has 1 atom stereocenters. The molecule has 7 nitrogen and oxygen atoms in total. The summed E-state index contributed by atoms with van der Waals surface area (Å²) < 4.78 is 24.0. The van der Waals surface area contributed by atoms with Crippen molar-refractivity contribution in [2.75, 3.05) is 6.26 Å². The second-order valence-electron chi connectivity index (χ2n) is 6.91. The van der Waals surface area contributed by atoms with Crippen LogP contribution in [-0.4, -0.2) is 31.7 Å². The number of benzene rings is 2. The summed E-state index contributed by atoms with van der Waals surface area (Å²) in [5, 5.41) is 17.3. The summed E-state index contributed by atoms with van der Waals surface area (Å²) in [5.74, 6) is -1.59. The van der Waals surface area contributed by atoms with Crippen molar-refractivity contribution in [3.63, 3.8) is 0 Å². The van der Waals surface area contributed by atoms with E-state index in [9.17, 15) is 23.1 Å². The molecule has 0 spiro atoms. The maximum Gasteiger partial charge on any atom is 0.305 e. The van der Waals surface area contributed by atoms with Crippen LogP contribution in [0.4, 0.5) is 0 Å². The van der Waals surface area contributed by atoms with Gasteiger partial charge in [0.05, 0.1) is 17.4 Å². The lowest BCUT2D eigenvalue weighted by Gasteiger charge is -2.19. The molecule has 0 aliphatic heterocycles. The molecular formula is C20H22N2O5S2. The van der Waals surface area contributed by atoms with Gasteiger partial charge in [-0.2, -0.15) is 0 Å². The number of nitrogens with two attached hydrogens (primary N) is 1. The summed E-state index contributed by atoms with van der Waals surface area (Å²) in [6, 6.07) is 9.47. The Hall–Kier alpha value is -2.36. The molecule has 29 heavy (non-hydrogen) atoms. The van der Waals surface area contributed by atoms with Crippen LogP contribution in [0, 0.1) is 0 Å². The lowest BCUT2D eigenvalue weighted by molar-refractivity contribution is -0.137. The molecule has 1 aliphatic rings. The topological polar surface area (TPSA) is 127 Å². The number of hydrogen-bond donors (Lipinski definition) is 3. The Morgan fingerprint density at radius 3 is 2.48 bits per heavy atom. The Bertz CT molecular complexity index is 1050. The molecule has 0 heterocycles. The molecule has 0 aromatic heterocycles. The Labute approximate surface area is 173 Å². The third kappa shape index (κ3) is 4.98. The zero-order valence-electron chi connectivity index (χ0n) is 15.8. The third-order valence-corrected chi connectivity index (χ3v) is 6.67. The molecule has 3 rings (SSSR count). The van der Waals surface area contributed by atoms with Crippen molar-refractivity contribution in [3.05, 3.63) is 58.7 Å². The second kappa shape index (κ2) is 8.56. The van der Waals surface area contributed by atoms with E-state index in [1.54, 1.807) is 30.0 Å². The summed E-state index contributed by atoms with van der Waals surface area (Å²) in [7, 11) is -3.97. The largest absolute Gasteiger partial charge is 0.481 e. The van der Waals surface area contributed by atoms with E-state index in [1.807, 2.05) is 18.4 Å². The van der Waals surface area contributed by atoms with Crippen LogP contribution in [0.2, 0.25) is 0 Å². The fraction of sp³-hybridized carbons (Fsp3) is 0.300. The van der Waals surface area contributed by atoms with Gasteiger partial charge in [-0.3, -0.25) is 9.59 Å². The first kappa shape index (κ1) is 21.4. The van der Waals surface area contributed by atoms with Gasteiger partial charge in [0.25, 0.3) is 5.91 Å². The van der Waals surface area contributed by atoms with Gasteiger partial charge in [-0.25, -0.2) is 13.6 Å². The highest BCUT2D eigenvalue weighted by atomic mass is 32.2. The average Bonchev–Trinajstić information content (AvgIpc) is 3.14. The van der Waals surface area contributed by atoms with Gasteiger partial charge in [-0.15, -0.1) is 11.8 Å². The van der Waals surface area contributed by atoms with Crippen molar-refractivity contribution in [2.45, 2.75) is 41.5 Å². The van der Waals surface area contributed by atoms with Gasteiger partial charge in [0.1, 0.15) is 0 Å². The van der Waals surface area contributed by atoms with E-state index in [-0.39, 0.29) is 16.9 Å². The predicted molar refractivity (Wildman–Crippen MR) is 111 cm³/mol. The number of aliphatic carboxylic acids is 1. The quantitative estimate of drug-likeness (QED) is 0.575. The number of hydrogen-bond acceptors (Lipinski definition) is 5. The normalized spacial score (nSPS) is 14.3. The van der Waals surface area contributed by atoms with E-state index < -0.39 is 27.9 Å². The first-order valence-corrected chi connectivity index (χ1v) is 11.8. The number of sulfonamides is 1. The minimum absolute atomic E-state index is 0.0308. The molecule has 1 unspecified atom stereocenters. The van der Waals surface area contributed by atoms with Crippen LogP contribution in [0.1, 0.15) is 45.9 Å². The number of carbonyl (C=O) groups is 2. The number of aryl methyl sites for hydroxylation is 1. The minimum Gasteiger partial charge on any atom is -0.481 e. The third-order valence-electron chi connectivity index (χ3n) is 4.95. The number of thioether (sulfide) groups is 1. The summed E-state index contributed by atoms with van der Waals surface area (Å²) in [6.45, 7) is 0. The molecule has 4 N–H and O–H groups in total. The standard InChI is InChI=1S/C20H22N2O5S2/c1-28-15-7-5-12(6-8-15)17(11-19(23)24)22-20(25)14-9-13-3-2-4-16(13)18(10-14)29(21,26)27/h5-10,17H,2-4,11H2,1H3,(H,22,25)(H,23,24)(H2,21,26,27). The first-order chi connectivity index (χ1) is 13.7. The molecule has 0 bridgehead atoms. The molecule has 2 aromatic rings. The van der Waals surface area contributed by atoms with E-state index in [1.165, 1.54) is 6.07 Å². The monoisotopic (exact) mass is 434 g/mol. The summed E-state index contributed by atoms with van der Waals surface area (Å²) in [6.07, 6.45) is 3.71. The van der Waals surface area contributed by atoms with E-state index in [0.29, 0.717) is 24.0 Å². The lowest BCUT2D eigenvalue weighted by atomic mass is 10.0. The summed E-state index contributed by atoms with van der Waals surface area (Å²) in [5.41, 5.74) is 2.27. The number of amides is 1. The van der Waals surface area contributed by atoms with Crippen molar-refractivity contribution in [1.29, 1.82) is 0 Å². The number of nitrogens with one attached hydrogen (secondary N) is 1. The minimum atomic E-state index is -3.97. The molecule has 1 amide bonds. The van der Waals surface area contributed by atoms with Crippen LogP contribution >= 0.6 is 11.8 Å². The van der Waals surface area contributed by atoms with Crippen LogP contribution in [0.3, 0.4) is 0 Å². The van der Waals surface area contributed by atoms with Crippen molar-refractivity contribution < 1.29 is 23.1 Å². The number of primary sulfonamides is 1. The molecule has 1 aliphatic carbocycles. The van der Waals surface area contributed by atoms with Gasteiger partial charge in [-0.05, 0) is 66.5 Å². The zero-order valence-corrected chi connectivity index (χ0v) is 17.5. The van der Waals surface area contributed by atoms with Crippen molar-refractivity contribution >= 4 is 33.7 Å². The zero-order chi connectivity index (χ0) is 21.2. The van der Waals surface area contributed by atoms with E-state index in [0.717, 1.165) is 16.9 Å². The number of carbonyl (C=O) groups excluding carboxylic acids is 1. The highest BCUT2D eigenvalue weighted by Gasteiger charge is 2.25. The van der Waals surface area contributed by atoms with Crippen molar-refractivity contribution in [2.24, 2.45) is 5.14 Å². The van der Waals surface area contributed by atoms with Crippen LogP contribution in [0.5, 0.6) is 0 Å². The smallest absolute Gasteiger partial charge is 0.305 e. The van der Waals surface area contributed by atoms with Gasteiger partial charge >= 0.3 is 5.97 Å². The summed E-state index contributed by atoms with van der Waals surface area (Å²) >= 11 is 1.56. The van der Waals surface area contributed by atoms with Crippen LogP contribution < -0.4 is 10.5 Å². The highest BCUT2D eigenvalue weighted by molar-refractivity contribution is 7.98. The number of carboxylic acid groups (broad SMARTS) is 1. The predicted octanol–water partition coefficient (Wildman–Crippen LogP) is 2.49. The lowest BCUT2D eigenvalue weighted by Crippen LogP contribution is -2.30. The van der Waals surface area contributed by atoms with Crippen LogP contribution in [0.15, 0.2) is 46.2 Å². The fourth-order valence-electron chi connectivity index (χ4n) is 3.56. The molecule has 2 aromatic carbocycles. The molecule has 0 fully saturated rings. The number of fused-ring (bicyclic) bond motifs is 1. The second-order valence-corrected chi connectivity index (χ2v) is 9.32. The maximum absolute atomic E-state index is 12.9. The van der Waals surface area contributed by atoms with Gasteiger partial charge in [0.2, 0.25) is 10.0 Å². The number of carboxylic acids is 1. The fourth-order valence-corrected chi connectivity index (χ4v) is 4.83. The van der Waals surface area contributed by atoms with Gasteiger partial charge in [0.15, 0.2) is 0 Å². The number of rotatable bonds is 7. The maximum atomic E-state index is 12.9. The Balaban J connectivity index is 1.92. The van der Waals surface area contributed by atoms with E-state index in [4.69, 9.17) is 5.14 Å². The van der Waals surface area contributed by atoms with Crippen LogP contribution in [0.25, 0.3) is 0 Å². The van der Waals surface area contributed by atoms with Gasteiger partial charge in [-0.1, -0.05) is 12.1 Å². The molecular weight excluding hydrogens is 412 g/mol. The first-order valence-electron chi connectivity index (χ1n) is 9.04. The van der Waals surface area contributed by atoms with Crippen molar-refractivity contribution in [1.82, 2.24) is 5.32 Å². The molecule has 0 radical (unpaired) electrons. The highest BCUT2D eigenvalue weighted by Crippen LogP contribution is 2.30. The average molecular weight is 435 g/mol. The summed E-state index contributed by atoms with van der Waals surface area (Å²) in [4.78, 5) is 25.2. The van der Waals surface area contributed by atoms with E-state index >= 15 is 0 Å².